The Morgan fingerprint density at radius 3 is 2.41 bits per heavy atom. The lowest BCUT2D eigenvalue weighted by atomic mass is 10.0. The first-order chi connectivity index (χ1) is 13.3. The molecule has 0 spiro atoms. The number of hydrogen-bond acceptors (Lipinski definition) is 5. The molecule has 0 radical (unpaired) electrons. The molecule has 4 rings (SSSR count). The standard InChI is InChI=1S/C22H27N3O2.2ClH/c1-2-24-10-12-25(13-11-24)22-21-19(9-15-27-21)16-20(23-22)18-7-5-17(6-8-18)4-3-14-26;;/h5-9,15-16,26H,2-4,10-14H2,1H3;2*1H. The molecule has 5 nitrogen and oxygen atoms in total. The number of benzene rings is 1. The maximum absolute atomic E-state index is 9.00. The van der Waals surface area contributed by atoms with Crippen LogP contribution in [-0.4, -0.2) is 54.3 Å². The monoisotopic (exact) mass is 437 g/mol. The third kappa shape index (κ3) is 5.23. The molecule has 2 aromatic heterocycles. The van der Waals surface area contributed by atoms with Crippen molar-refractivity contribution in [3.63, 3.8) is 0 Å². The predicted octanol–water partition coefficient (Wildman–Crippen LogP) is 4.41. The van der Waals surface area contributed by atoms with E-state index in [1.54, 1.807) is 6.26 Å². The van der Waals surface area contributed by atoms with Gasteiger partial charge in [0.2, 0.25) is 0 Å². The van der Waals surface area contributed by atoms with Crippen molar-refractivity contribution in [2.24, 2.45) is 0 Å². The SMILES string of the molecule is CCN1CCN(c2nc(-c3ccc(CCCO)cc3)cc3ccoc23)CC1.Cl.Cl. The molecular weight excluding hydrogens is 409 g/mol. The summed E-state index contributed by atoms with van der Waals surface area (Å²) in [6.45, 7) is 7.60. The van der Waals surface area contributed by atoms with Gasteiger partial charge in [-0.3, -0.25) is 0 Å². The van der Waals surface area contributed by atoms with E-state index in [0.29, 0.717) is 0 Å². The second-order valence-electron chi connectivity index (χ2n) is 7.12. The number of furan rings is 1. The second-order valence-corrected chi connectivity index (χ2v) is 7.12. The zero-order valence-corrected chi connectivity index (χ0v) is 18.3. The van der Waals surface area contributed by atoms with Crippen LogP contribution in [0.5, 0.6) is 0 Å². The highest BCUT2D eigenvalue weighted by molar-refractivity contribution is 5.90. The van der Waals surface area contributed by atoms with Gasteiger partial charge in [-0.1, -0.05) is 31.2 Å². The van der Waals surface area contributed by atoms with Gasteiger partial charge < -0.3 is 19.3 Å². The number of nitrogens with zero attached hydrogens (tertiary/aromatic N) is 3. The van der Waals surface area contributed by atoms with Crippen molar-refractivity contribution >= 4 is 41.6 Å². The van der Waals surface area contributed by atoms with E-state index in [0.717, 1.165) is 73.6 Å². The lowest BCUT2D eigenvalue weighted by molar-refractivity contribution is 0.270. The summed E-state index contributed by atoms with van der Waals surface area (Å²) >= 11 is 0. The molecule has 3 heterocycles. The van der Waals surface area contributed by atoms with Gasteiger partial charge >= 0.3 is 0 Å². The van der Waals surface area contributed by atoms with Crippen molar-refractivity contribution in [2.75, 3.05) is 44.2 Å². The molecule has 1 N–H and O–H groups in total. The van der Waals surface area contributed by atoms with Gasteiger partial charge in [-0.05, 0) is 37.1 Å². The van der Waals surface area contributed by atoms with E-state index in [1.165, 1.54) is 5.56 Å². The van der Waals surface area contributed by atoms with Gasteiger partial charge in [-0.15, -0.1) is 24.8 Å². The highest BCUT2D eigenvalue weighted by Gasteiger charge is 2.21. The minimum Gasteiger partial charge on any atom is -0.460 e. The second kappa shape index (κ2) is 10.8. The van der Waals surface area contributed by atoms with E-state index in [1.807, 2.05) is 6.07 Å². The van der Waals surface area contributed by atoms with Crippen LogP contribution in [0.2, 0.25) is 0 Å². The first-order valence-corrected chi connectivity index (χ1v) is 9.84. The largest absolute Gasteiger partial charge is 0.460 e. The molecule has 0 amide bonds. The van der Waals surface area contributed by atoms with E-state index < -0.39 is 0 Å². The van der Waals surface area contributed by atoms with Crippen LogP contribution < -0.4 is 4.90 Å². The molecule has 0 atom stereocenters. The molecule has 29 heavy (non-hydrogen) atoms. The van der Waals surface area contributed by atoms with E-state index in [4.69, 9.17) is 14.5 Å². The quantitative estimate of drug-likeness (QED) is 0.618. The van der Waals surface area contributed by atoms with E-state index in [9.17, 15) is 0 Å². The lowest BCUT2D eigenvalue weighted by Gasteiger charge is -2.34. The lowest BCUT2D eigenvalue weighted by Crippen LogP contribution is -2.46. The fraction of sp³-hybridized carbons (Fsp3) is 0.409. The summed E-state index contributed by atoms with van der Waals surface area (Å²) in [6.07, 6.45) is 3.45. The van der Waals surface area contributed by atoms with Crippen LogP contribution in [0.3, 0.4) is 0 Å². The van der Waals surface area contributed by atoms with Crippen molar-refractivity contribution in [1.82, 2.24) is 9.88 Å². The van der Waals surface area contributed by atoms with Gasteiger partial charge in [0.25, 0.3) is 0 Å². The molecule has 0 saturated carbocycles. The van der Waals surface area contributed by atoms with Crippen LogP contribution in [0.4, 0.5) is 5.82 Å². The number of piperazine rings is 1. The summed E-state index contributed by atoms with van der Waals surface area (Å²) in [5, 5.41) is 10.1. The molecule has 0 unspecified atom stereocenters. The third-order valence-corrected chi connectivity index (χ3v) is 5.41. The van der Waals surface area contributed by atoms with Crippen LogP contribution in [0.25, 0.3) is 22.2 Å². The van der Waals surface area contributed by atoms with Crippen LogP contribution in [0.1, 0.15) is 18.9 Å². The van der Waals surface area contributed by atoms with Gasteiger partial charge in [0.15, 0.2) is 11.4 Å². The smallest absolute Gasteiger partial charge is 0.176 e. The van der Waals surface area contributed by atoms with Crippen LogP contribution in [0, 0.1) is 0 Å². The maximum atomic E-state index is 9.00. The fourth-order valence-electron chi connectivity index (χ4n) is 3.72. The molecular formula is C22H29Cl2N3O2. The molecule has 0 aliphatic carbocycles. The number of aromatic nitrogens is 1. The predicted molar refractivity (Wildman–Crippen MR) is 124 cm³/mol. The summed E-state index contributed by atoms with van der Waals surface area (Å²) in [5.41, 5.74) is 4.21. The Balaban J connectivity index is 0.00000150. The number of rotatable bonds is 6. The zero-order valence-electron chi connectivity index (χ0n) is 16.7. The number of halogens is 2. The van der Waals surface area contributed by atoms with Crippen molar-refractivity contribution in [3.8, 4) is 11.3 Å². The molecule has 3 aromatic rings. The molecule has 1 fully saturated rings. The molecule has 0 bridgehead atoms. The average molecular weight is 438 g/mol. The minimum atomic E-state index is 0. The maximum Gasteiger partial charge on any atom is 0.176 e. The zero-order chi connectivity index (χ0) is 18.6. The molecule has 1 aliphatic rings. The summed E-state index contributed by atoms with van der Waals surface area (Å²) < 4.78 is 5.77. The number of anilines is 1. The summed E-state index contributed by atoms with van der Waals surface area (Å²) in [7, 11) is 0. The van der Waals surface area contributed by atoms with Crippen LogP contribution in [0.15, 0.2) is 47.1 Å². The molecule has 1 saturated heterocycles. The summed E-state index contributed by atoms with van der Waals surface area (Å²) in [6, 6.07) is 12.6. The van der Waals surface area contributed by atoms with Gasteiger partial charge in [0.05, 0.1) is 12.0 Å². The normalized spacial score (nSPS) is 14.5. The topological polar surface area (TPSA) is 52.7 Å². The number of aryl methyl sites for hydroxylation is 1. The van der Waals surface area contributed by atoms with E-state index in [-0.39, 0.29) is 31.4 Å². The number of aliphatic hydroxyl groups excluding tert-OH is 1. The Kier molecular flexibility index (Phi) is 8.78. The number of aliphatic hydroxyl groups is 1. The number of hydrogen-bond donors (Lipinski definition) is 1. The molecule has 1 aromatic carbocycles. The summed E-state index contributed by atoms with van der Waals surface area (Å²) in [4.78, 5) is 9.79. The molecule has 7 heteroatoms. The van der Waals surface area contributed by atoms with Crippen molar-refractivity contribution < 1.29 is 9.52 Å². The van der Waals surface area contributed by atoms with Crippen molar-refractivity contribution in [3.05, 3.63) is 48.2 Å². The minimum absolute atomic E-state index is 0. The Bertz CT molecular complexity index is 891. The average Bonchev–Trinajstić information content (AvgIpc) is 3.21. The number of likely N-dealkylation sites (N-methyl/N-ethyl adjacent to an activating group) is 1. The third-order valence-electron chi connectivity index (χ3n) is 5.41. The van der Waals surface area contributed by atoms with E-state index in [2.05, 4.69) is 47.1 Å². The van der Waals surface area contributed by atoms with Crippen molar-refractivity contribution in [1.29, 1.82) is 0 Å². The number of fused-ring (bicyclic) bond motifs is 1. The van der Waals surface area contributed by atoms with Gasteiger partial charge in [-0.2, -0.15) is 0 Å². The molecule has 1 aliphatic heterocycles. The fourth-order valence-corrected chi connectivity index (χ4v) is 3.72. The Morgan fingerprint density at radius 2 is 1.76 bits per heavy atom. The number of pyridine rings is 1. The highest BCUT2D eigenvalue weighted by atomic mass is 35.5. The summed E-state index contributed by atoms with van der Waals surface area (Å²) in [5.74, 6) is 0.951. The first-order valence-electron chi connectivity index (χ1n) is 9.84. The first kappa shape index (κ1) is 23.5. The van der Waals surface area contributed by atoms with Crippen molar-refractivity contribution in [2.45, 2.75) is 19.8 Å². The Morgan fingerprint density at radius 1 is 1.03 bits per heavy atom. The van der Waals surface area contributed by atoms with Gasteiger partial charge in [0.1, 0.15) is 0 Å². The highest BCUT2D eigenvalue weighted by Crippen LogP contribution is 2.31. The van der Waals surface area contributed by atoms with E-state index >= 15 is 0 Å². The Labute approximate surface area is 184 Å². The van der Waals surface area contributed by atoms with Crippen LogP contribution in [-0.2, 0) is 6.42 Å². The van der Waals surface area contributed by atoms with Crippen LogP contribution >= 0.6 is 24.8 Å². The van der Waals surface area contributed by atoms with Gasteiger partial charge in [-0.25, -0.2) is 4.98 Å². The molecule has 158 valence electrons. The Hall–Kier alpha value is -1.79. The van der Waals surface area contributed by atoms with Gasteiger partial charge in [0, 0.05) is 43.7 Å².